The van der Waals surface area contributed by atoms with E-state index in [4.69, 9.17) is 33.7 Å². The highest BCUT2D eigenvalue weighted by molar-refractivity contribution is 6.42. The lowest BCUT2D eigenvalue weighted by Crippen LogP contribution is -2.39. The molecule has 0 heterocycles. The summed E-state index contributed by atoms with van der Waals surface area (Å²) in [5.74, 6) is 0.246. The van der Waals surface area contributed by atoms with Crippen LogP contribution in [0.4, 0.5) is 13.2 Å². The van der Waals surface area contributed by atoms with Gasteiger partial charge in [-0.05, 0) is 35.4 Å². The van der Waals surface area contributed by atoms with Crippen molar-refractivity contribution in [1.29, 1.82) is 0 Å². The fourth-order valence-electron chi connectivity index (χ4n) is 2.17. The predicted molar refractivity (Wildman–Crippen MR) is 90.1 cm³/mol. The van der Waals surface area contributed by atoms with E-state index in [9.17, 15) is 18.0 Å². The van der Waals surface area contributed by atoms with Crippen molar-refractivity contribution in [3.8, 4) is 5.75 Å². The summed E-state index contributed by atoms with van der Waals surface area (Å²) < 4.78 is 41.4. The van der Waals surface area contributed by atoms with Gasteiger partial charge in [0, 0.05) is 0 Å². The van der Waals surface area contributed by atoms with Gasteiger partial charge in [-0.2, -0.15) is 13.2 Å². The zero-order valence-corrected chi connectivity index (χ0v) is 14.3. The number of benzene rings is 2. The van der Waals surface area contributed by atoms with Crippen molar-refractivity contribution in [2.45, 2.75) is 18.1 Å². The lowest BCUT2D eigenvalue weighted by molar-refractivity contribution is -0.139. The van der Waals surface area contributed by atoms with Crippen LogP contribution in [0.1, 0.15) is 17.5 Å². The minimum absolute atomic E-state index is 0.246. The number of rotatable bonds is 6. The van der Waals surface area contributed by atoms with Gasteiger partial charge in [0.2, 0.25) is 0 Å². The molecule has 0 fully saturated rings. The molecule has 0 aromatic heterocycles. The summed E-state index contributed by atoms with van der Waals surface area (Å²) >= 11 is 11.8. The fourth-order valence-corrected chi connectivity index (χ4v) is 2.47. The first-order valence-electron chi connectivity index (χ1n) is 7.16. The molecule has 0 aliphatic carbocycles. The summed E-state index contributed by atoms with van der Waals surface area (Å²) in [4.78, 5) is 11.6. The maximum Gasteiger partial charge on any atom is 0.392 e. The molecule has 1 atom stereocenters. The van der Waals surface area contributed by atoms with E-state index in [0.29, 0.717) is 22.4 Å². The van der Waals surface area contributed by atoms with Crippen molar-refractivity contribution in [2.24, 2.45) is 5.73 Å². The minimum Gasteiger partial charge on any atom is -0.493 e. The number of ether oxygens (including phenoxy) is 1. The molecule has 0 aliphatic heterocycles. The lowest BCUT2D eigenvalue weighted by atomic mass is 9.85. The molecule has 2 N–H and O–H groups in total. The van der Waals surface area contributed by atoms with E-state index in [2.05, 4.69) is 0 Å². The third-order valence-corrected chi connectivity index (χ3v) is 4.31. The number of hydrogen-bond acceptors (Lipinski definition) is 3. The molecule has 2 aromatic rings. The van der Waals surface area contributed by atoms with Crippen LogP contribution in [0, 0.1) is 0 Å². The molecule has 0 amide bonds. The average molecular weight is 392 g/mol. The van der Waals surface area contributed by atoms with Gasteiger partial charge >= 0.3 is 6.18 Å². The van der Waals surface area contributed by atoms with Crippen LogP contribution in [0.25, 0.3) is 0 Å². The molecule has 8 heteroatoms. The van der Waals surface area contributed by atoms with E-state index >= 15 is 0 Å². The molecule has 1 unspecified atom stereocenters. The molecule has 0 bridgehead atoms. The molecule has 0 saturated carbocycles. The Morgan fingerprint density at radius 2 is 1.60 bits per heavy atom. The summed E-state index contributed by atoms with van der Waals surface area (Å²) in [5.41, 5.74) is 5.60. The van der Waals surface area contributed by atoms with Gasteiger partial charge in [-0.25, -0.2) is 0 Å². The Morgan fingerprint density at radius 3 is 2.12 bits per heavy atom. The monoisotopic (exact) mass is 391 g/mol. The zero-order chi connectivity index (χ0) is 18.7. The molecule has 2 aromatic carbocycles. The molecular formula is C17H14Cl2F3NO2. The molecule has 25 heavy (non-hydrogen) atoms. The summed E-state index contributed by atoms with van der Waals surface area (Å²) in [5, 5.41) is 0.579. The Bertz CT molecular complexity index is 751. The number of nitrogens with two attached hydrogens (primary N) is 1. The molecule has 2 rings (SSSR count). The summed E-state index contributed by atoms with van der Waals surface area (Å²) in [7, 11) is 0. The van der Waals surface area contributed by atoms with Crippen LogP contribution in [-0.2, 0) is 10.3 Å². The summed E-state index contributed by atoms with van der Waals surface area (Å²) in [6, 6.07) is 10.5. The van der Waals surface area contributed by atoms with Crippen molar-refractivity contribution in [2.75, 3.05) is 6.61 Å². The molecule has 0 saturated heterocycles. The van der Waals surface area contributed by atoms with Crippen molar-refractivity contribution < 1.29 is 22.7 Å². The minimum atomic E-state index is -4.28. The maximum atomic E-state index is 12.1. The van der Waals surface area contributed by atoms with Crippen molar-refractivity contribution in [3.05, 3.63) is 63.6 Å². The third-order valence-electron chi connectivity index (χ3n) is 3.57. The first-order chi connectivity index (χ1) is 11.7. The molecule has 0 aliphatic rings. The first-order valence-corrected chi connectivity index (χ1v) is 7.92. The molecular weight excluding hydrogens is 378 g/mol. The predicted octanol–water partition coefficient (Wildman–Crippen LogP) is 4.73. The third kappa shape index (κ3) is 4.87. The lowest BCUT2D eigenvalue weighted by Gasteiger charge is -2.25. The molecule has 134 valence electrons. The Morgan fingerprint density at radius 1 is 1.00 bits per heavy atom. The van der Waals surface area contributed by atoms with Crippen LogP contribution < -0.4 is 10.5 Å². The van der Waals surface area contributed by atoms with E-state index in [0.717, 1.165) is 0 Å². The van der Waals surface area contributed by atoms with Crippen LogP contribution >= 0.6 is 23.2 Å². The maximum absolute atomic E-state index is 12.1. The van der Waals surface area contributed by atoms with Gasteiger partial charge in [-0.1, -0.05) is 41.4 Å². The van der Waals surface area contributed by atoms with Crippen LogP contribution in [0.15, 0.2) is 42.5 Å². The topological polar surface area (TPSA) is 52.3 Å². The normalized spacial score (nSPS) is 14.0. The van der Waals surface area contributed by atoms with Crippen LogP contribution in [-0.4, -0.2) is 19.1 Å². The van der Waals surface area contributed by atoms with Crippen LogP contribution in [0.3, 0.4) is 0 Å². The van der Waals surface area contributed by atoms with Gasteiger partial charge < -0.3 is 15.3 Å². The SMILES string of the molecule is NC(C=O)(c1ccc(OCCC(F)(F)F)cc1)c1ccc(Cl)c(Cl)c1. The second-order valence-corrected chi connectivity index (χ2v) is 6.17. The highest BCUT2D eigenvalue weighted by atomic mass is 35.5. The molecule has 3 nitrogen and oxygen atoms in total. The second kappa shape index (κ2) is 7.64. The van der Waals surface area contributed by atoms with Crippen molar-refractivity contribution >= 4 is 29.5 Å². The van der Waals surface area contributed by atoms with Gasteiger partial charge in [-0.15, -0.1) is 0 Å². The van der Waals surface area contributed by atoms with Crippen LogP contribution in [0.5, 0.6) is 5.75 Å². The highest BCUT2D eigenvalue weighted by Crippen LogP contribution is 2.31. The second-order valence-electron chi connectivity index (χ2n) is 5.35. The Hall–Kier alpha value is -1.76. The van der Waals surface area contributed by atoms with Crippen molar-refractivity contribution in [3.63, 3.8) is 0 Å². The van der Waals surface area contributed by atoms with Gasteiger partial charge in [0.1, 0.15) is 17.6 Å². The summed E-state index contributed by atoms with van der Waals surface area (Å²) in [6.45, 7) is -0.489. The van der Waals surface area contributed by atoms with Gasteiger partial charge in [-0.3, -0.25) is 0 Å². The highest BCUT2D eigenvalue weighted by Gasteiger charge is 2.30. The fraction of sp³-hybridized carbons (Fsp3) is 0.235. The average Bonchev–Trinajstić information content (AvgIpc) is 2.56. The largest absolute Gasteiger partial charge is 0.493 e. The molecule has 0 radical (unpaired) electrons. The first kappa shape index (κ1) is 19.6. The van der Waals surface area contributed by atoms with E-state index in [1.807, 2.05) is 0 Å². The smallest absolute Gasteiger partial charge is 0.392 e. The van der Waals surface area contributed by atoms with Gasteiger partial charge in [0.25, 0.3) is 0 Å². The number of carbonyl (C=O) groups is 1. The van der Waals surface area contributed by atoms with Crippen molar-refractivity contribution in [1.82, 2.24) is 0 Å². The molecule has 0 spiro atoms. The summed E-state index contributed by atoms with van der Waals surface area (Å²) in [6.07, 6.45) is -4.77. The van der Waals surface area contributed by atoms with Gasteiger partial charge in [0.15, 0.2) is 0 Å². The van der Waals surface area contributed by atoms with E-state index in [1.54, 1.807) is 6.07 Å². The van der Waals surface area contributed by atoms with E-state index in [-0.39, 0.29) is 10.8 Å². The Balaban J connectivity index is 2.20. The number of halogens is 5. The van der Waals surface area contributed by atoms with E-state index < -0.39 is 24.7 Å². The van der Waals surface area contributed by atoms with E-state index in [1.165, 1.54) is 36.4 Å². The number of alkyl halides is 3. The quantitative estimate of drug-likeness (QED) is 0.724. The van der Waals surface area contributed by atoms with Crippen LogP contribution in [0.2, 0.25) is 10.0 Å². The number of carbonyl (C=O) groups excluding carboxylic acids is 1. The number of hydrogen-bond donors (Lipinski definition) is 1. The van der Waals surface area contributed by atoms with Gasteiger partial charge in [0.05, 0.1) is 23.1 Å². The Kier molecular flexibility index (Phi) is 5.98. The standard InChI is InChI=1S/C17H14Cl2F3NO2/c18-14-6-3-12(9-15(14)19)16(23,10-24)11-1-4-13(5-2-11)25-8-7-17(20,21)22/h1-6,9-10H,7-8,23H2. The number of aldehydes is 1. The Labute approximate surface area is 152 Å². The zero-order valence-electron chi connectivity index (χ0n) is 12.8.